The smallest absolute Gasteiger partial charge is 0.187 e. The van der Waals surface area contributed by atoms with Gasteiger partial charge in [-0.15, -0.1) is 0 Å². The summed E-state index contributed by atoms with van der Waals surface area (Å²) in [5.41, 5.74) is 3.61. The molecule has 1 rings (SSSR count). The molecule has 0 spiro atoms. The summed E-state index contributed by atoms with van der Waals surface area (Å²) in [4.78, 5) is 0. The number of thiocarbonyl (C=S) groups is 1. The van der Waals surface area contributed by atoms with E-state index < -0.39 is 0 Å². The molecule has 116 valence electrons. The summed E-state index contributed by atoms with van der Waals surface area (Å²) in [6.07, 6.45) is 1.66. The van der Waals surface area contributed by atoms with Crippen LogP contribution in [0.15, 0.2) is 23.3 Å². The van der Waals surface area contributed by atoms with Gasteiger partial charge in [-0.1, -0.05) is 0 Å². The third-order valence-corrected chi connectivity index (χ3v) is 2.69. The molecular formula is C14H21N3O3S. The lowest BCUT2D eigenvalue weighted by molar-refractivity contribution is 0.204. The minimum absolute atomic E-state index is 0.446. The van der Waals surface area contributed by atoms with Crippen molar-refractivity contribution in [1.29, 1.82) is 0 Å². The van der Waals surface area contributed by atoms with E-state index in [-0.39, 0.29) is 0 Å². The minimum atomic E-state index is 0.446. The molecular weight excluding hydrogens is 290 g/mol. The van der Waals surface area contributed by atoms with Crippen LogP contribution < -0.4 is 20.2 Å². The van der Waals surface area contributed by atoms with Crippen molar-refractivity contribution in [3.05, 3.63) is 23.8 Å². The average molecular weight is 311 g/mol. The molecule has 0 saturated heterocycles. The summed E-state index contributed by atoms with van der Waals surface area (Å²) in [7, 11) is 3.24. The fourth-order valence-corrected chi connectivity index (χ4v) is 1.67. The monoisotopic (exact) mass is 311 g/mol. The lowest BCUT2D eigenvalue weighted by atomic mass is 10.2. The summed E-state index contributed by atoms with van der Waals surface area (Å²) in [5.74, 6) is 1.38. The standard InChI is InChI=1S/C14H21N3O3S/c1-4-20-12-6-5-11(9-13(12)19-3)10-16-17-14(21)15-7-8-18-2/h5-6,9-10H,4,7-8H2,1-3H3,(H2,15,17,21)/b16-10-. The SMILES string of the molecule is CCOc1ccc(/C=N\NC(=S)NCCOC)cc1OC. The van der Waals surface area contributed by atoms with Gasteiger partial charge in [0.05, 0.1) is 26.5 Å². The van der Waals surface area contributed by atoms with E-state index in [2.05, 4.69) is 15.8 Å². The largest absolute Gasteiger partial charge is 0.493 e. The van der Waals surface area contributed by atoms with Gasteiger partial charge in [-0.25, -0.2) is 0 Å². The van der Waals surface area contributed by atoms with Crippen LogP contribution in [0.3, 0.4) is 0 Å². The van der Waals surface area contributed by atoms with Crippen LogP contribution in [0.4, 0.5) is 0 Å². The molecule has 0 radical (unpaired) electrons. The van der Waals surface area contributed by atoms with Crippen molar-refractivity contribution in [3.63, 3.8) is 0 Å². The van der Waals surface area contributed by atoms with Crippen LogP contribution in [0.1, 0.15) is 12.5 Å². The zero-order valence-electron chi connectivity index (χ0n) is 12.5. The first-order valence-corrected chi connectivity index (χ1v) is 6.98. The Morgan fingerprint density at radius 1 is 1.33 bits per heavy atom. The van der Waals surface area contributed by atoms with Crippen LogP contribution in [0.25, 0.3) is 0 Å². The lowest BCUT2D eigenvalue weighted by Gasteiger charge is -2.09. The van der Waals surface area contributed by atoms with Crippen molar-refractivity contribution in [2.24, 2.45) is 5.10 Å². The molecule has 1 aromatic carbocycles. The van der Waals surface area contributed by atoms with Gasteiger partial charge in [-0.2, -0.15) is 5.10 Å². The van der Waals surface area contributed by atoms with E-state index in [0.29, 0.717) is 36.4 Å². The first-order valence-electron chi connectivity index (χ1n) is 6.58. The summed E-state index contributed by atoms with van der Waals surface area (Å²) in [5, 5.41) is 7.46. The summed E-state index contributed by atoms with van der Waals surface area (Å²) in [6.45, 7) is 3.74. The number of methoxy groups -OCH3 is 2. The molecule has 0 amide bonds. The van der Waals surface area contributed by atoms with E-state index in [0.717, 1.165) is 5.56 Å². The van der Waals surface area contributed by atoms with Gasteiger partial charge in [0.1, 0.15) is 0 Å². The molecule has 0 aliphatic heterocycles. The molecule has 21 heavy (non-hydrogen) atoms. The molecule has 0 heterocycles. The van der Waals surface area contributed by atoms with Crippen molar-refractivity contribution in [2.45, 2.75) is 6.92 Å². The maximum absolute atomic E-state index is 5.45. The zero-order valence-corrected chi connectivity index (χ0v) is 13.3. The van der Waals surface area contributed by atoms with Crippen LogP contribution in [0.2, 0.25) is 0 Å². The van der Waals surface area contributed by atoms with E-state index in [1.54, 1.807) is 20.4 Å². The van der Waals surface area contributed by atoms with Crippen molar-refractivity contribution in [1.82, 2.24) is 10.7 Å². The van der Waals surface area contributed by atoms with E-state index in [4.69, 9.17) is 26.4 Å². The van der Waals surface area contributed by atoms with Crippen LogP contribution in [-0.2, 0) is 4.74 Å². The number of hydrogen-bond donors (Lipinski definition) is 2. The van der Waals surface area contributed by atoms with E-state index in [1.807, 2.05) is 25.1 Å². The molecule has 1 aromatic rings. The van der Waals surface area contributed by atoms with Gasteiger partial charge < -0.3 is 19.5 Å². The van der Waals surface area contributed by atoms with E-state index in [1.165, 1.54) is 0 Å². The highest BCUT2D eigenvalue weighted by atomic mass is 32.1. The number of hydrogen-bond acceptors (Lipinski definition) is 5. The van der Waals surface area contributed by atoms with Gasteiger partial charge >= 0.3 is 0 Å². The second kappa shape index (κ2) is 9.95. The third-order valence-electron chi connectivity index (χ3n) is 2.46. The topological polar surface area (TPSA) is 64.1 Å². The van der Waals surface area contributed by atoms with Gasteiger partial charge in [0, 0.05) is 13.7 Å². The number of benzene rings is 1. The molecule has 0 atom stereocenters. The highest BCUT2D eigenvalue weighted by Crippen LogP contribution is 2.27. The quantitative estimate of drug-likeness (QED) is 0.329. The van der Waals surface area contributed by atoms with Crippen LogP contribution in [-0.4, -0.2) is 45.3 Å². The Hall–Kier alpha value is -1.86. The first-order chi connectivity index (χ1) is 10.2. The Balaban J connectivity index is 2.54. The minimum Gasteiger partial charge on any atom is -0.493 e. The average Bonchev–Trinajstić information content (AvgIpc) is 2.49. The second-order valence-corrected chi connectivity index (χ2v) is 4.37. The zero-order chi connectivity index (χ0) is 15.5. The molecule has 6 nitrogen and oxygen atoms in total. The molecule has 0 fully saturated rings. The molecule has 7 heteroatoms. The number of hydrazone groups is 1. The van der Waals surface area contributed by atoms with Crippen molar-refractivity contribution in [3.8, 4) is 11.5 Å². The number of nitrogens with zero attached hydrogens (tertiary/aromatic N) is 1. The van der Waals surface area contributed by atoms with Crippen molar-refractivity contribution in [2.75, 3.05) is 34.0 Å². The van der Waals surface area contributed by atoms with Gasteiger partial charge in [0.2, 0.25) is 0 Å². The Morgan fingerprint density at radius 2 is 2.14 bits per heavy atom. The number of nitrogens with one attached hydrogen (secondary N) is 2. The number of rotatable bonds is 8. The second-order valence-electron chi connectivity index (χ2n) is 3.96. The fourth-order valence-electron chi connectivity index (χ4n) is 1.51. The highest BCUT2D eigenvalue weighted by molar-refractivity contribution is 7.80. The highest BCUT2D eigenvalue weighted by Gasteiger charge is 2.03. The van der Waals surface area contributed by atoms with E-state index in [9.17, 15) is 0 Å². The normalized spacial score (nSPS) is 10.4. The lowest BCUT2D eigenvalue weighted by Crippen LogP contribution is -2.34. The summed E-state index contributed by atoms with van der Waals surface area (Å²) < 4.78 is 15.6. The molecule has 0 aromatic heterocycles. The predicted molar refractivity (Wildman–Crippen MR) is 87.4 cm³/mol. The Bertz CT molecular complexity index is 481. The predicted octanol–water partition coefficient (Wildman–Crippen LogP) is 1.54. The maximum Gasteiger partial charge on any atom is 0.187 e. The fraction of sp³-hybridized carbons (Fsp3) is 0.429. The maximum atomic E-state index is 5.45. The van der Waals surface area contributed by atoms with E-state index >= 15 is 0 Å². The first kappa shape index (κ1) is 17.2. The molecule has 0 aliphatic carbocycles. The van der Waals surface area contributed by atoms with Crippen LogP contribution in [0.5, 0.6) is 11.5 Å². The summed E-state index contributed by atoms with van der Waals surface area (Å²) >= 11 is 5.05. The van der Waals surface area contributed by atoms with Crippen LogP contribution >= 0.6 is 12.2 Å². The third kappa shape index (κ3) is 6.42. The van der Waals surface area contributed by atoms with Gasteiger partial charge in [0.15, 0.2) is 16.6 Å². The van der Waals surface area contributed by atoms with Crippen molar-refractivity contribution >= 4 is 23.5 Å². The molecule has 0 saturated carbocycles. The molecule has 0 aliphatic rings. The Labute approximate surface area is 130 Å². The van der Waals surface area contributed by atoms with Crippen LogP contribution in [0, 0.1) is 0 Å². The summed E-state index contributed by atoms with van der Waals surface area (Å²) in [6, 6.07) is 5.58. The van der Waals surface area contributed by atoms with Gasteiger partial charge in [-0.05, 0) is 42.9 Å². The number of ether oxygens (including phenoxy) is 3. The van der Waals surface area contributed by atoms with Gasteiger partial charge in [-0.3, -0.25) is 5.43 Å². The van der Waals surface area contributed by atoms with Gasteiger partial charge in [0.25, 0.3) is 0 Å². The van der Waals surface area contributed by atoms with Crippen molar-refractivity contribution < 1.29 is 14.2 Å². The molecule has 2 N–H and O–H groups in total. The Kier molecular flexibility index (Phi) is 8.15. The molecule has 0 unspecified atom stereocenters. The molecule has 0 bridgehead atoms. The Morgan fingerprint density at radius 3 is 2.81 bits per heavy atom.